The number of anilines is 1. The van der Waals surface area contributed by atoms with Crippen LogP contribution in [0.4, 0.5) is 5.69 Å². The van der Waals surface area contributed by atoms with Crippen molar-refractivity contribution in [2.45, 2.75) is 37.6 Å². The average molecular weight is 312 g/mol. The summed E-state index contributed by atoms with van der Waals surface area (Å²) in [6, 6.07) is 15.1. The molecule has 1 saturated carbocycles. The zero-order valence-electron chi connectivity index (χ0n) is 12.3. The summed E-state index contributed by atoms with van der Waals surface area (Å²) in [5.74, 6) is 0.649. The van der Waals surface area contributed by atoms with Crippen LogP contribution in [0, 0.1) is 11.3 Å². The normalized spacial score (nSPS) is 21.1. The first-order chi connectivity index (χ1) is 10.8. The number of pyridine rings is 1. The molecule has 1 fully saturated rings. The minimum atomic E-state index is 0.269. The second kappa shape index (κ2) is 6.81. The number of nitriles is 1. The maximum Gasteiger partial charge on any atom is 0.148 e. The zero-order chi connectivity index (χ0) is 15.4. The van der Waals surface area contributed by atoms with Crippen molar-refractivity contribution in [2.24, 2.45) is 0 Å². The summed E-state index contributed by atoms with van der Waals surface area (Å²) in [6.07, 6.45) is 6.18. The molecule has 0 amide bonds. The largest absolute Gasteiger partial charge is 0.381 e. The van der Waals surface area contributed by atoms with Crippen LogP contribution in [0.3, 0.4) is 0 Å². The van der Waals surface area contributed by atoms with Gasteiger partial charge in [-0.1, -0.05) is 41.9 Å². The zero-order valence-corrected chi connectivity index (χ0v) is 13.1. The highest BCUT2D eigenvalue weighted by Crippen LogP contribution is 2.34. The van der Waals surface area contributed by atoms with Crippen LogP contribution in [0.1, 0.15) is 42.7 Å². The van der Waals surface area contributed by atoms with Gasteiger partial charge in [0.15, 0.2) is 0 Å². The van der Waals surface area contributed by atoms with Crippen LogP contribution < -0.4 is 5.32 Å². The van der Waals surface area contributed by atoms with Gasteiger partial charge in [-0.15, -0.1) is 0 Å². The number of aromatic nitrogens is 1. The Bertz CT molecular complexity index is 670. The van der Waals surface area contributed by atoms with Gasteiger partial charge in [0.1, 0.15) is 16.8 Å². The third kappa shape index (κ3) is 3.23. The molecule has 0 spiro atoms. The molecule has 0 saturated heterocycles. The van der Waals surface area contributed by atoms with E-state index >= 15 is 0 Å². The average Bonchev–Trinajstić information content (AvgIpc) is 2.57. The summed E-state index contributed by atoms with van der Waals surface area (Å²) < 4.78 is 0. The van der Waals surface area contributed by atoms with E-state index in [1.807, 2.05) is 6.07 Å². The van der Waals surface area contributed by atoms with Gasteiger partial charge in [-0.2, -0.15) is 5.26 Å². The van der Waals surface area contributed by atoms with Crippen LogP contribution in [-0.2, 0) is 0 Å². The predicted molar refractivity (Wildman–Crippen MR) is 89.0 cm³/mol. The maximum absolute atomic E-state index is 9.21. The Labute approximate surface area is 136 Å². The van der Waals surface area contributed by atoms with Crippen molar-refractivity contribution < 1.29 is 0 Å². The minimum Gasteiger partial charge on any atom is -0.381 e. The van der Waals surface area contributed by atoms with Crippen molar-refractivity contribution >= 4 is 17.3 Å². The van der Waals surface area contributed by atoms with Gasteiger partial charge >= 0.3 is 0 Å². The van der Waals surface area contributed by atoms with E-state index in [2.05, 4.69) is 46.7 Å². The number of hydrogen-bond donors (Lipinski definition) is 1. The summed E-state index contributed by atoms with van der Waals surface area (Å²) >= 11 is 5.98. The summed E-state index contributed by atoms with van der Waals surface area (Å²) in [6.45, 7) is 0. The topological polar surface area (TPSA) is 48.7 Å². The number of nitrogens with zero attached hydrogens (tertiary/aromatic N) is 2. The summed E-state index contributed by atoms with van der Waals surface area (Å²) in [5, 5.41) is 12.9. The SMILES string of the molecule is N#Cc1c(N[C@H]2CC[C@@H](c3ccccc3)CC2)ccnc1Cl. The molecule has 3 rings (SSSR count). The Morgan fingerprint density at radius 1 is 1.09 bits per heavy atom. The van der Waals surface area contributed by atoms with Crippen LogP contribution >= 0.6 is 11.6 Å². The highest BCUT2D eigenvalue weighted by Gasteiger charge is 2.23. The first-order valence-electron chi connectivity index (χ1n) is 7.64. The fraction of sp³-hybridized carbons (Fsp3) is 0.333. The summed E-state index contributed by atoms with van der Waals surface area (Å²) in [4.78, 5) is 3.96. The standard InChI is InChI=1S/C18H18ClN3/c19-18-16(12-20)17(10-11-21-18)22-15-8-6-14(7-9-15)13-4-2-1-3-5-13/h1-5,10-11,14-15H,6-9H2,(H,21,22)/t14-,15+. The fourth-order valence-electron chi connectivity index (χ4n) is 3.18. The molecular weight excluding hydrogens is 294 g/mol. The molecule has 22 heavy (non-hydrogen) atoms. The summed E-state index contributed by atoms with van der Waals surface area (Å²) in [5.41, 5.74) is 2.67. The summed E-state index contributed by atoms with van der Waals surface area (Å²) in [7, 11) is 0. The van der Waals surface area contributed by atoms with Crippen molar-refractivity contribution in [2.75, 3.05) is 5.32 Å². The minimum absolute atomic E-state index is 0.269. The van der Waals surface area contributed by atoms with E-state index in [9.17, 15) is 5.26 Å². The number of rotatable bonds is 3. The third-order valence-corrected chi connectivity index (χ3v) is 4.66. The third-order valence-electron chi connectivity index (χ3n) is 4.37. The molecule has 1 heterocycles. The van der Waals surface area contributed by atoms with Gasteiger partial charge in [-0.3, -0.25) is 0 Å². The van der Waals surface area contributed by atoms with Crippen molar-refractivity contribution in [1.82, 2.24) is 4.98 Å². The number of nitrogens with one attached hydrogen (secondary N) is 1. The molecule has 1 aromatic carbocycles. The molecule has 1 N–H and O–H groups in total. The van der Waals surface area contributed by atoms with E-state index in [-0.39, 0.29) is 5.15 Å². The van der Waals surface area contributed by atoms with E-state index in [1.54, 1.807) is 6.20 Å². The molecular formula is C18H18ClN3. The molecule has 0 atom stereocenters. The van der Waals surface area contributed by atoms with Crippen molar-refractivity contribution in [1.29, 1.82) is 5.26 Å². The van der Waals surface area contributed by atoms with E-state index in [0.717, 1.165) is 18.5 Å². The van der Waals surface area contributed by atoms with Crippen LogP contribution in [0.5, 0.6) is 0 Å². The highest BCUT2D eigenvalue weighted by atomic mass is 35.5. The number of benzene rings is 1. The van der Waals surface area contributed by atoms with Gasteiger partial charge in [0.2, 0.25) is 0 Å². The lowest BCUT2D eigenvalue weighted by Crippen LogP contribution is -2.25. The molecule has 4 heteroatoms. The van der Waals surface area contributed by atoms with Gasteiger partial charge in [0, 0.05) is 12.2 Å². The van der Waals surface area contributed by atoms with Gasteiger partial charge in [-0.25, -0.2) is 4.98 Å². The van der Waals surface area contributed by atoms with Crippen molar-refractivity contribution in [3.05, 3.63) is 58.9 Å². The van der Waals surface area contributed by atoms with E-state index < -0.39 is 0 Å². The highest BCUT2D eigenvalue weighted by molar-refractivity contribution is 6.30. The Balaban J connectivity index is 1.63. The van der Waals surface area contributed by atoms with Crippen LogP contribution in [0.2, 0.25) is 5.15 Å². The smallest absolute Gasteiger partial charge is 0.148 e. The number of halogens is 1. The molecule has 0 bridgehead atoms. The van der Waals surface area contributed by atoms with E-state index in [4.69, 9.17) is 11.6 Å². The molecule has 1 aliphatic rings. The van der Waals surface area contributed by atoms with E-state index in [0.29, 0.717) is 17.5 Å². The quantitative estimate of drug-likeness (QED) is 0.832. The van der Waals surface area contributed by atoms with Crippen molar-refractivity contribution in [3.63, 3.8) is 0 Å². The van der Waals surface area contributed by atoms with E-state index in [1.165, 1.54) is 18.4 Å². The van der Waals surface area contributed by atoms with Gasteiger partial charge in [0.25, 0.3) is 0 Å². The Kier molecular flexibility index (Phi) is 4.60. The van der Waals surface area contributed by atoms with Crippen LogP contribution in [0.15, 0.2) is 42.6 Å². The van der Waals surface area contributed by atoms with Crippen LogP contribution in [-0.4, -0.2) is 11.0 Å². The molecule has 0 unspecified atom stereocenters. The Morgan fingerprint density at radius 2 is 1.82 bits per heavy atom. The fourth-order valence-corrected chi connectivity index (χ4v) is 3.38. The van der Waals surface area contributed by atoms with Gasteiger partial charge in [0.05, 0.1) is 5.69 Å². The first-order valence-corrected chi connectivity index (χ1v) is 8.02. The lowest BCUT2D eigenvalue weighted by atomic mass is 9.81. The van der Waals surface area contributed by atoms with Crippen LogP contribution in [0.25, 0.3) is 0 Å². The molecule has 0 aliphatic heterocycles. The van der Waals surface area contributed by atoms with Crippen molar-refractivity contribution in [3.8, 4) is 6.07 Å². The first kappa shape index (κ1) is 14.9. The number of hydrogen-bond acceptors (Lipinski definition) is 3. The Morgan fingerprint density at radius 3 is 2.50 bits per heavy atom. The maximum atomic E-state index is 9.21. The molecule has 2 aromatic rings. The molecule has 3 nitrogen and oxygen atoms in total. The molecule has 112 valence electrons. The second-order valence-electron chi connectivity index (χ2n) is 5.74. The molecule has 0 radical (unpaired) electrons. The van der Waals surface area contributed by atoms with Gasteiger partial charge in [-0.05, 0) is 43.2 Å². The Hall–Kier alpha value is -2.05. The molecule has 1 aliphatic carbocycles. The monoisotopic (exact) mass is 311 g/mol. The predicted octanol–water partition coefficient (Wildman–Crippen LogP) is 4.74. The van der Waals surface area contributed by atoms with Gasteiger partial charge < -0.3 is 5.32 Å². The lowest BCUT2D eigenvalue weighted by molar-refractivity contribution is 0.412. The second-order valence-corrected chi connectivity index (χ2v) is 6.10. The lowest BCUT2D eigenvalue weighted by Gasteiger charge is -2.30. The molecule has 1 aromatic heterocycles.